The van der Waals surface area contributed by atoms with E-state index in [1.807, 2.05) is 25.1 Å². The van der Waals surface area contributed by atoms with Gasteiger partial charge in [-0.15, -0.1) is 0 Å². The number of amides is 2. The summed E-state index contributed by atoms with van der Waals surface area (Å²) in [6, 6.07) is 14.2. The number of nitriles is 1. The van der Waals surface area contributed by atoms with Crippen LogP contribution in [0.1, 0.15) is 68.1 Å². The lowest BCUT2D eigenvalue weighted by Crippen LogP contribution is -2.58. The highest BCUT2D eigenvalue weighted by atomic mass is 16.3. The van der Waals surface area contributed by atoms with Crippen LogP contribution in [0.15, 0.2) is 48.7 Å². The first-order valence-corrected chi connectivity index (χ1v) is 12.9. The van der Waals surface area contributed by atoms with Crippen molar-refractivity contribution in [1.82, 2.24) is 15.6 Å². The van der Waals surface area contributed by atoms with Gasteiger partial charge in [-0.2, -0.15) is 5.26 Å². The van der Waals surface area contributed by atoms with E-state index < -0.39 is 6.10 Å². The Balaban J connectivity index is 1.42. The van der Waals surface area contributed by atoms with E-state index in [-0.39, 0.29) is 46.9 Å². The first-order chi connectivity index (χ1) is 17.2. The largest absolute Gasteiger partial charge is 0.392 e. The molecule has 0 bridgehead atoms. The second-order valence-electron chi connectivity index (χ2n) is 10.9. The highest BCUT2D eigenvalue weighted by Crippen LogP contribution is 2.55. The molecule has 7 heteroatoms. The number of aromatic nitrogens is 1. The van der Waals surface area contributed by atoms with E-state index >= 15 is 0 Å². The van der Waals surface area contributed by atoms with Crippen LogP contribution in [0.3, 0.4) is 0 Å². The van der Waals surface area contributed by atoms with Crippen LogP contribution in [0, 0.1) is 40.4 Å². The van der Waals surface area contributed by atoms with E-state index in [2.05, 4.69) is 35.5 Å². The molecule has 7 nitrogen and oxygen atoms in total. The third-order valence-corrected chi connectivity index (χ3v) is 8.71. The van der Waals surface area contributed by atoms with Crippen LogP contribution < -0.4 is 10.6 Å². The van der Waals surface area contributed by atoms with E-state index in [4.69, 9.17) is 5.26 Å². The maximum Gasteiger partial charge on any atom is 0.251 e. The molecule has 2 saturated carbocycles. The van der Waals surface area contributed by atoms with Crippen molar-refractivity contribution in [3.8, 4) is 6.07 Å². The predicted molar refractivity (Wildman–Crippen MR) is 136 cm³/mol. The Morgan fingerprint density at radius 3 is 2.58 bits per heavy atom. The molecule has 1 aromatic heterocycles. The molecule has 36 heavy (non-hydrogen) atoms. The molecule has 1 aromatic carbocycles. The number of carbonyl (C=O) groups is 2. The van der Waals surface area contributed by atoms with Gasteiger partial charge in [0, 0.05) is 23.7 Å². The van der Waals surface area contributed by atoms with Gasteiger partial charge in [-0.3, -0.25) is 14.6 Å². The molecule has 0 saturated heterocycles. The van der Waals surface area contributed by atoms with Crippen molar-refractivity contribution in [2.45, 2.75) is 65.1 Å². The zero-order valence-electron chi connectivity index (χ0n) is 21.3. The minimum Gasteiger partial charge on any atom is -0.392 e. The maximum absolute atomic E-state index is 13.0. The molecule has 190 valence electrons. The summed E-state index contributed by atoms with van der Waals surface area (Å²) in [7, 11) is 0. The molecule has 1 heterocycles. The van der Waals surface area contributed by atoms with E-state index in [1.165, 1.54) is 0 Å². The second kappa shape index (κ2) is 10.8. The van der Waals surface area contributed by atoms with E-state index in [0.717, 1.165) is 31.4 Å². The smallest absolute Gasteiger partial charge is 0.251 e. The van der Waals surface area contributed by atoms with Crippen LogP contribution in [-0.4, -0.2) is 34.1 Å². The summed E-state index contributed by atoms with van der Waals surface area (Å²) >= 11 is 0. The van der Waals surface area contributed by atoms with Gasteiger partial charge in [-0.05, 0) is 85.3 Å². The first-order valence-electron chi connectivity index (χ1n) is 12.9. The number of nitrogens with one attached hydrogen (secondary N) is 2. The lowest BCUT2D eigenvalue weighted by molar-refractivity contribution is -0.142. The van der Waals surface area contributed by atoms with Gasteiger partial charge in [0.25, 0.3) is 5.91 Å². The number of aliphatic hydroxyl groups is 1. The molecule has 1 unspecified atom stereocenters. The van der Waals surface area contributed by atoms with Crippen molar-refractivity contribution >= 4 is 11.8 Å². The number of pyridine rings is 1. The van der Waals surface area contributed by atoms with Crippen LogP contribution >= 0.6 is 0 Å². The van der Waals surface area contributed by atoms with Crippen molar-refractivity contribution in [3.63, 3.8) is 0 Å². The fourth-order valence-corrected chi connectivity index (χ4v) is 6.48. The van der Waals surface area contributed by atoms with Gasteiger partial charge in [0.05, 0.1) is 30.0 Å². The molecular formula is C29H36N4O3. The van der Waals surface area contributed by atoms with E-state index in [9.17, 15) is 14.7 Å². The Kier molecular flexibility index (Phi) is 7.75. The zero-order chi connectivity index (χ0) is 25.9. The molecule has 3 N–H and O–H groups in total. The quantitative estimate of drug-likeness (QED) is 0.572. The van der Waals surface area contributed by atoms with E-state index in [1.54, 1.807) is 30.5 Å². The molecule has 2 aliphatic carbocycles. The molecule has 2 fully saturated rings. The van der Waals surface area contributed by atoms with Crippen molar-refractivity contribution in [2.75, 3.05) is 0 Å². The molecule has 2 aliphatic rings. The summed E-state index contributed by atoms with van der Waals surface area (Å²) < 4.78 is 0. The Labute approximate surface area is 213 Å². The molecular weight excluding hydrogens is 452 g/mol. The Morgan fingerprint density at radius 1 is 1.19 bits per heavy atom. The van der Waals surface area contributed by atoms with Gasteiger partial charge in [-0.25, -0.2) is 0 Å². The van der Waals surface area contributed by atoms with Crippen molar-refractivity contribution in [2.24, 2.45) is 29.1 Å². The second-order valence-corrected chi connectivity index (χ2v) is 10.9. The molecule has 0 radical (unpaired) electrons. The molecule has 7 atom stereocenters. The van der Waals surface area contributed by atoms with Gasteiger partial charge < -0.3 is 15.7 Å². The molecule has 2 aromatic rings. The zero-order valence-corrected chi connectivity index (χ0v) is 21.3. The van der Waals surface area contributed by atoms with Gasteiger partial charge in [0.1, 0.15) is 0 Å². The number of hydrogen-bond donors (Lipinski definition) is 3. The van der Waals surface area contributed by atoms with Crippen LogP contribution in [0.2, 0.25) is 0 Å². The number of nitrogens with zero attached hydrogens (tertiary/aromatic N) is 2. The third kappa shape index (κ3) is 5.29. The number of aliphatic hydroxyl groups excluding tert-OH is 1. The lowest BCUT2D eigenvalue weighted by Gasteiger charge is -2.56. The summed E-state index contributed by atoms with van der Waals surface area (Å²) in [4.78, 5) is 30.1. The maximum atomic E-state index is 13.0. The number of hydrogen-bond acceptors (Lipinski definition) is 5. The average molecular weight is 489 g/mol. The molecule has 4 rings (SSSR count). The molecule has 0 spiro atoms. The summed E-state index contributed by atoms with van der Waals surface area (Å²) in [5, 5.41) is 26.8. The van der Waals surface area contributed by atoms with Crippen molar-refractivity contribution < 1.29 is 14.7 Å². The predicted octanol–water partition coefficient (Wildman–Crippen LogP) is 3.83. The number of benzene rings is 1. The van der Waals surface area contributed by atoms with E-state index in [0.29, 0.717) is 17.7 Å². The highest BCUT2D eigenvalue weighted by Gasteiger charge is 2.53. The fourth-order valence-electron chi connectivity index (χ4n) is 6.48. The average Bonchev–Trinajstić information content (AvgIpc) is 2.89. The summed E-state index contributed by atoms with van der Waals surface area (Å²) in [5.41, 5.74) is 1.82. The van der Waals surface area contributed by atoms with Gasteiger partial charge >= 0.3 is 0 Å². The fraction of sp³-hybridized carbons (Fsp3) is 0.517. The highest BCUT2D eigenvalue weighted by molar-refractivity contribution is 5.94. The Hall–Kier alpha value is -3.24. The summed E-state index contributed by atoms with van der Waals surface area (Å²) in [6.07, 6.45) is 4.62. The minimum atomic E-state index is -0.621. The standard InChI is InChI=1S/C29H36N4O3/c1-18(27(35)32-17-22-6-4-5-15-31-22)23-11-13-29(3)14-12-24(19(2)25(29)26(23)34)33-28(36)21-9-7-20(16-30)8-10-21/h4-10,15,18-19,23-26,34H,11-14,17H2,1-3H3,(H,32,35)(H,33,36)/t18-,19+,23?,24-,25+,26-,29-/m0/s1. The Morgan fingerprint density at radius 2 is 1.92 bits per heavy atom. The lowest BCUT2D eigenvalue weighted by atomic mass is 9.51. The van der Waals surface area contributed by atoms with Crippen LogP contribution in [0.5, 0.6) is 0 Å². The van der Waals surface area contributed by atoms with Crippen LogP contribution in [0.25, 0.3) is 0 Å². The molecule has 2 amide bonds. The third-order valence-electron chi connectivity index (χ3n) is 8.71. The number of carbonyl (C=O) groups excluding carboxylic acids is 2. The summed E-state index contributed by atoms with van der Waals surface area (Å²) in [6.45, 7) is 6.64. The van der Waals surface area contributed by atoms with Crippen LogP contribution in [-0.2, 0) is 11.3 Å². The topological polar surface area (TPSA) is 115 Å². The minimum absolute atomic E-state index is 0.0118. The Bertz CT molecular complexity index is 1110. The van der Waals surface area contributed by atoms with Gasteiger partial charge in [0.15, 0.2) is 0 Å². The first kappa shape index (κ1) is 25.8. The monoisotopic (exact) mass is 488 g/mol. The number of fused-ring (bicyclic) bond motifs is 1. The van der Waals surface area contributed by atoms with Crippen LogP contribution in [0.4, 0.5) is 0 Å². The number of rotatable bonds is 6. The van der Waals surface area contributed by atoms with Gasteiger partial charge in [-0.1, -0.05) is 26.8 Å². The summed E-state index contributed by atoms with van der Waals surface area (Å²) in [5.74, 6) is -0.641. The van der Waals surface area contributed by atoms with Crippen molar-refractivity contribution in [1.29, 1.82) is 5.26 Å². The van der Waals surface area contributed by atoms with Gasteiger partial charge in [0.2, 0.25) is 5.91 Å². The van der Waals surface area contributed by atoms with Crippen molar-refractivity contribution in [3.05, 3.63) is 65.5 Å². The SMILES string of the molecule is C[C@H]1[C@@H]2[C@@H](O)C([C@H](C)C(=O)NCc3ccccn3)CC[C@@]2(C)CC[C@@H]1NC(=O)c1ccc(C#N)cc1. The molecule has 0 aliphatic heterocycles. The normalized spacial score (nSPS) is 30.4.